The predicted molar refractivity (Wildman–Crippen MR) is 83.8 cm³/mol. The first kappa shape index (κ1) is 16.2. The standard InChI is InChI=1S/C15H14BrNO5/c1-4-20-13-7-10(5-11(16)14(13)22-9(3)18)6-12-15(19)21-8(2)17-12/h5-7H,4H2,1-3H3/b12-6-. The van der Waals surface area contributed by atoms with Crippen molar-refractivity contribution in [3.63, 3.8) is 0 Å². The zero-order valence-corrected chi connectivity index (χ0v) is 13.9. The van der Waals surface area contributed by atoms with E-state index in [1.165, 1.54) is 6.92 Å². The number of cyclic esters (lactones) is 1. The molecule has 1 heterocycles. The average molecular weight is 368 g/mol. The van der Waals surface area contributed by atoms with Crippen molar-refractivity contribution in [3.8, 4) is 11.5 Å². The van der Waals surface area contributed by atoms with E-state index >= 15 is 0 Å². The Bertz CT molecular complexity index is 693. The van der Waals surface area contributed by atoms with Gasteiger partial charge in [0.2, 0.25) is 0 Å². The minimum Gasteiger partial charge on any atom is -0.490 e. The maximum atomic E-state index is 11.6. The van der Waals surface area contributed by atoms with Gasteiger partial charge in [0.05, 0.1) is 11.1 Å². The molecule has 0 aliphatic carbocycles. The third-order valence-electron chi connectivity index (χ3n) is 2.61. The number of benzene rings is 1. The van der Waals surface area contributed by atoms with Gasteiger partial charge in [-0.05, 0) is 46.6 Å². The zero-order valence-electron chi connectivity index (χ0n) is 12.3. The Morgan fingerprint density at radius 3 is 2.73 bits per heavy atom. The lowest BCUT2D eigenvalue weighted by molar-refractivity contribution is -0.132. The second-order valence-electron chi connectivity index (χ2n) is 4.41. The van der Waals surface area contributed by atoms with Crippen LogP contribution in [0.25, 0.3) is 6.08 Å². The second kappa shape index (κ2) is 6.74. The van der Waals surface area contributed by atoms with Crippen molar-refractivity contribution in [2.75, 3.05) is 6.61 Å². The van der Waals surface area contributed by atoms with Crippen LogP contribution >= 0.6 is 15.9 Å². The topological polar surface area (TPSA) is 74.2 Å². The number of hydrogen-bond donors (Lipinski definition) is 0. The SMILES string of the molecule is CCOc1cc(/C=C2\N=C(C)OC2=O)cc(Br)c1OC(C)=O. The average Bonchev–Trinajstić information content (AvgIpc) is 2.72. The number of carbonyl (C=O) groups is 2. The van der Waals surface area contributed by atoms with Gasteiger partial charge in [-0.15, -0.1) is 0 Å². The van der Waals surface area contributed by atoms with Crippen molar-refractivity contribution in [1.29, 1.82) is 0 Å². The van der Waals surface area contributed by atoms with Crippen LogP contribution in [-0.2, 0) is 14.3 Å². The molecular formula is C15H14BrNO5. The summed E-state index contributed by atoms with van der Waals surface area (Å²) >= 11 is 3.33. The van der Waals surface area contributed by atoms with Crippen LogP contribution in [-0.4, -0.2) is 24.4 Å². The molecule has 22 heavy (non-hydrogen) atoms. The van der Waals surface area contributed by atoms with E-state index in [9.17, 15) is 9.59 Å². The lowest BCUT2D eigenvalue weighted by Gasteiger charge is -2.12. The largest absolute Gasteiger partial charge is 0.490 e. The maximum absolute atomic E-state index is 11.6. The van der Waals surface area contributed by atoms with E-state index in [1.54, 1.807) is 25.1 Å². The highest BCUT2D eigenvalue weighted by atomic mass is 79.9. The number of nitrogens with zero attached hydrogens (tertiary/aromatic N) is 1. The first-order chi connectivity index (χ1) is 10.4. The van der Waals surface area contributed by atoms with Gasteiger partial charge < -0.3 is 14.2 Å². The van der Waals surface area contributed by atoms with Crippen molar-refractivity contribution in [2.24, 2.45) is 4.99 Å². The Morgan fingerprint density at radius 1 is 1.45 bits per heavy atom. The van der Waals surface area contributed by atoms with Gasteiger partial charge in [-0.1, -0.05) is 0 Å². The smallest absolute Gasteiger partial charge is 0.363 e. The molecule has 1 aliphatic rings. The molecule has 0 N–H and O–H groups in total. The molecule has 6 nitrogen and oxygen atoms in total. The number of ether oxygens (including phenoxy) is 3. The van der Waals surface area contributed by atoms with E-state index in [-0.39, 0.29) is 5.70 Å². The second-order valence-corrected chi connectivity index (χ2v) is 5.26. The highest BCUT2D eigenvalue weighted by Crippen LogP contribution is 2.37. The van der Waals surface area contributed by atoms with E-state index in [2.05, 4.69) is 20.9 Å². The van der Waals surface area contributed by atoms with Gasteiger partial charge in [0.15, 0.2) is 23.1 Å². The molecule has 0 saturated heterocycles. The van der Waals surface area contributed by atoms with Crippen LogP contribution in [0.5, 0.6) is 11.5 Å². The highest BCUT2D eigenvalue weighted by Gasteiger charge is 2.20. The quantitative estimate of drug-likeness (QED) is 0.464. The number of carbonyl (C=O) groups excluding carboxylic acids is 2. The summed E-state index contributed by atoms with van der Waals surface area (Å²) < 4.78 is 16.0. The fourth-order valence-corrected chi connectivity index (χ4v) is 2.39. The van der Waals surface area contributed by atoms with Crippen molar-refractivity contribution < 1.29 is 23.8 Å². The van der Waals surface area contributed by atoms with Crippen molar-refractivity contribution in [2.45, 2.75) is 20.8 Å². The monoisotopic (exact) mass is 367 g/mol. The summed E-state index contributed by atoms with van der Waals surface area (Å²) in [5.41, 5.74) is 0.865. The predicted octanol–water partition coefficient (Wildman–Crippen LogP) is 3.09. The van der Waals surface area contributed by atoms with Crippen LogP contribution < -0.4 is 9.47 Å². The van der Waals surface area contributed by atoms with E-state index in [1.807, 2.05) is 6.92 Å². The van der Waals surface area contributed by atoms with Gasteiger partial charge in [-0.2, -0.15) is 0 Å². The minimum absolute atomic E-state index is 0.201. The molecule has 0 unspecified atom stereocenters. The summed E-state index contributed by atoms with van der Waals surface area (Å²) in [6.45, 7) is 5.13. The Labute approximate surface area is 135 Å². The van der Waals surface area contributed by atoms with Crippen LogP contribution in [0.4, 0.5) is 0 Å². The van der Waals surface area contributed by atoms with Crippen molar-refractivity contribution in [3.05, 3.63) is 27.9 Å². The molecule has 2 rings (SSSR count). The normalized spacial score (nSPS) is 15.5. The molecule has 0 amide bonds. The molecule has 0 aromatic heterocycles. The molecule has 0 fully saturated rings. The molecule has 7 heteroatoms. The van der Waals surface area contributed by atoms with Crippen LogP contribution in [0, 0.1) is 0 Å². The number of hydrogen-bond acceptors (Lipinski definition) is 6. The Balaban J connectivity index is 2.44. The van der Waals surface area contributed by atoms with E-state index in [0.29, 0.717) is 34.0 Å². The first-order valence-corrected chi connectivity index (χ1v) is 7.34. The Hall–Kier alpha value is -2.15. The molecule has 0 spiro atoms. The fourth-order valence-electron chi connectivity index (χ4n) is 1.85. The summed E-state index contributed by atoms with van der Waals surface area (Å²) in [5.74, 6) is 0.0380. The molecule has 0 bridgehead atoms. The van der Waals surface area contributed by atoms with Crippen molar-refractivity contribution >= 4 is 39.8 Å². The van der Waals surface area contributed by atoms with Gasteiger partial charge in [0.1, 0.15) is 0 Å². The molecule has 1 aromatic rings. The molecule has 0 atom stereocenters. The van der Waals surface area contributed by atoms with Gasteiger partial charge >= 0.3 is 11.9 Å². The Morgan fingerprint density at radius 2 is 2.18 bits per heavy atom. The maximum Gasteiger partial charge on any atom is 0.363 e. The molecule has 0 saturated carbocycles. The van der Waals surface area contributed by atoms with Gasteiger partial charge in [-0.25, -0.2) is 9.79 Å². The summed E-state index contributed by atoms with van der Waals surface area (Å²) in [4.78, 5) is 26.8. The first-order valence-electron chi connectivity index (χ1n) is 6.54. The minimum atomic E-state index is -0.504. The number of rotatable bonds is 4. The van der Waals surface area contributed by atoms with E-state index in [4.69, 9.17) is 14.2 Å². The van der Waals surface area contributed by atoms with Crippen LogP contribution in [0.2, 0.25) is 0 Å². The zero-order chi connectivity index (χ0) is 16.3. The third kappa shape index (κ3) is 3.73. The summed E-state index contributed by atoms with van der Waals surface area (Å²) in [7, 11) is 0. The van der Waals surface area contributed by atoms with Gasteiger partial charge in [0.25, 0.3) is 0 Å². The Kier molecular flexibility index (Phi) is 4.97. The highest BCUT2D eigenvalue weighted by molar-refractivity contribution is 9.10. The number of aliphatic imine (C=N–C) groups is 1. The van der Waals surface area contributed by atoms with E-state index < -0.39 is 11.9 Å². The number of esters is 2. The van der Waals surface area contributed by atoms with Crippen LogP contribution in [0.15, 0.2) is 27.3 Å². The molecule has 1 aromatic carbocycles. The lowest BCUT2D eigenvalue weighted by atomic mass is 10.1. The van der Waals surface area contributed by atoms with Gasteiger partial charge in [0, 0.05) is 13.8 Å². The van der Waals surface area contributed by atoms with Crippen LogP contribution in [0.3, 0.4) is 0 Å². The summed E-state index contributed by atoms with van der Waals surface area (Å²) in [5, 5.41) is 0. The molecule has 0 radical (unpaired) electrons. The summed E-state index contributed by atoms with van der Waals surface area (Å²) in [6, 6.07) is 3.36. The van der Waals surface area contributed by atoms with E-state index in [0.717, 1.165) is 0 Å². The molecular weight excluding hydrogens is 354 g/mol. The summed E-state index contributed by atoms with van der Waals surface area (Å²) in [6.07, 6.45) is 1.57. The fraction of sp³-hybridized carbons (Fsp3) is 0.267. The van der Waals surface area contributed by atoms with Gasteiger partial charge in [-0.3, -0.25) is 4.79 Å². The number of halogens is 1. The van der Waals surface area contributed by atoms with Crippen molar-refractivity contribution in [1.82, 2.24) is 0 Å². The van der Waals surface area contributed by atoms with Crippen LogP contribution in [0.1, 0.15) is 26.3 Å². The molecule has 1 aliphatic heterocycles. The molecule has 116 valence electrons. The third-order valence-corrected chi connectivity index (χ3v) is 3.20. The lowest BCUT2D eigenvalue weighted by Crippen LogP contribution is -2.05.